The van der Waals surface area contributed by atoms with E-state index in [1.807, 2.05) is 6.07 Å². The molecule has 0 aliphatic heterocycles. The number of hydrogen-bond donors (Lipinski definition) is 2. The molecule has 5 rings (SSSR count). The number of thioether (sulfide) groups is 1. The number of aromatic nitrogens is 3. The number of methoxy groups -OCH3 is 1. The Morgan fingerprint density at radius 1 is 0.978 bits per heavy atom. The van der Waals surface area contributed by atoms with Gasteiger partial charge in [0.2, 0.25) is 11.9 Å². The quantitative estimate of drug-likeness (QED) is 0.178. The number of sulfonamides is 1. The lowest BCUT2D eigenvalue weighted by Crippen LogP contribution is -2.16. The summed E-state index contributed by atoms with van der Waals surface area (Å²) in [5, 5.41) is 12.9. The summed E-state index contributed by atoms with van der Waals surface area (Å²) in [6.07, 6.45) is 2.79. The summed E-state index contributed by atoms with van der Waals surface area (Å²) in [6.45, 7) is 0. The minimum absolute atomic E-state index is 0.000211. The van der Waals surface area contributed by atoms with E-state index in [1.54, 1.807) is 30.3 Å². The van der Waals surface area contributed by atoms with E-state index in [-0.39, 0.29) is 38.3 Å². The van der Waals surface area contributed by atoms with Crippen molar-refractivity contribution >= 4 is 39.3 Å². The van der Waals surface area contributed by atoms with Crippen LogP contribution in [-0.4, -0.2) is 42.1 Å². The van der Waals surface area contributed by atoms with Crippen molar-refractivity contribution in [1.29, 1.82) is 5.26 Å². The van der Waals surface area contributed by atoms with E-state index in [0.717, 1.165) is 23.9 Å². The van der Waals surface area contributed by atoms with Crippen LogP contribution in [0.25, 0.3) is 22.4 Å². The number of carbonyl (C=O) groups is 1. The van der Waals surface area contributed by atoms with Crippen molar-refractivity contribution in [2.24, 2.45) is 0 Å². The maximum Gasteiger partial charge on any atom is 0.264 e. The standard InChI is InChI=1S/C31H22F2N6O4S2/c1-43-22-8-3-19(4-9-22)28-16-25(24-12-5-20(32)15-27(24)33)26(17-34)30(38-28)44-18-29(40)37-21-6-10-23(11-7-21)45(41,42)39-31-35-13-2-14-36-31/h2-16H,18H2,1H3,(H,37,40)(H,35,36,39). The molecular weight excluding hydrogens is 623 g/mol. The van der Waals surface area contributed by atoms with Crippen LogP contribution in [-0.2, 0) is 14.8 Å². The Balaban J connectivity index is 1.37. The minimum atomic E-state index is -3.96. The summed E-state index contributed by atoms with van der Waals surface area (Å²) < 4.78 is 61.3. The minimum Gasteiger partial charge on any atom is -0.497 e. The molecule has 45 heavy (non-hydrogen) atoms. The molecule has 0 atom stereocenters. The van der Waals surface area contributed by atoms with Gasteiger partial charge in [0.1, 0.15) is 28.5 Å². The summed E-state index contributed by atoms with van der Waals surface area (Å²) in [5.74, 6) is -1.76. The van der Waals surface area contributed by atoms with E-state index in [2.05, 4.69) is 25.0 Å². The average Bonchev–Trinajstić information content (AvgIpc) is 3.04. The van der Waals surface area contributed by atoms with Crippen LogP contribution in [0, 0.1) is 23.0 Å². The largest absolute Gasteiger partial charge is 0.497 e. The van der Waals surface area contributed by atoms with Gasteiger partial charge < -0.3 is 10.1 Å². The van der Waals surface area contributed by atoms with E-state index in [0.29, 0.717) is 22.7 Å². The number of anilines is 2. The highest BCUT2D eigenvalue weighted by molar-refractivity contribution is 8.00. The Labute approximate surface area is 261 Å². The number of rotatable bonds is 10. The molecule has 0 bridgehead atoms. The lowest BCUT2D eigenvalue weighted by Gasteiger charge is -2.14. The van der Waals surface area contributed by atoms with Crippen LogP contribution in [0.3, 0.4) is 0 Å². The first-order valence-corrected chi connectivity index (χ1v) is 15.5. The number of benzene rings is 3. The molecule has 2 heterocycles. The van der Waals surface area contributed by atoms with E-state index < -0.39 is 27.6 Å². The monoisotopic (exact) mass is 644 g/mol. The van der Waals surface area contributed by atoms with Crippen molar-refractivity contribution in [3.8, 4) is 34.2 Å². The average molecular weight is 645 g/mol. The fourth-order valence-corrected chi connectivity index (χ4v) is 5.90. The first-order chi connectivity index (χ1) is 21.7. The third-order valence-electron chi connectivity index (χ3n) is 6.28. The predicted molar refractivity (Wildman–Crippen MR) is 165 cm³/mol. The van der Waals surface area contributed by atoms with Crippen LogP contribution in [0.4, 0.5) is 20.4 Å². The SMILES string of the molecule is COc1ccc(-c2cc(-c3ccc(F)cc3F)c(C#N)c(SCC(=O)Nc3ccc(S(=O)(=O)Nc4ncccn4)cc3)n2)cc1. The molecule has 0 unspecified atom stereocenters. The Hall–Kier alpha value is -5.39. The van der Waals surface area contributed by atoms with Gasteiger partial charge >= 0.3 is 0 Å². The van der Waals surface area contributed by atoms with E-state index in [9.17, 15) is 27.3 Å². The lowest BCUT2D eigenvalue weighted by molar-refractivity contribution is -0.113. The molecule has 3 aromatic carbocycles. The molecule has 0 radical (unpaired) electrons. The fraction of sp³-hybridized carbons (Fsp3) is 0.0645. The van der Waals surface area contributed by atoms with Gasteiger partial charge in [-0.15, -0.1) is 0 Å². The highest BCUT2D eigenvalue weighted by Crippen LogP contribution is 2.36. The van der Waals surface area contributed by atoms with Gasteiger partial charge in [0.25, 0.3) is 10.0 Å². The van der Waals surface area contributed by atoms with Gasteiger partial charge in [-0.25, -0.2) is 36.9 Å². The third kappa shape index (κ3) is 7.40. The second-order valence-corrected chi connectivity index (χ2v) is 11.9. The Bertz CT molecular complexity index is 2010. The van der Waals surface area contributed by atoms with Gasteiger partial charge in [0.15, 0.2) is 0 Å². The first-order valence-electron chi connectivity index (χ1n) is 13.0. The van der Waals surface area contributed by atoms with Crippen molar-refractivity contribution in [1.82, 2.24) is 15.0 Å². The molecule has 0 spiro atoms. The molecule has 2 N–H and O–H groups in total. The van der Waals surface area contributed by atoms with Crippen LogP contribution < -0.4 is 14.8 Å². The fourth-order valence-electron chi connectivity index (χ4n) is 4.14. The van der Waals surface area contributed by atoms with Crippen molar-refractivity contribution < 1.29 is 26.7 Å². The number of nitrogens with zero attached hydrogens (tertiary/aromatic N) is 4. The van der Waals surface area contributed by atoms with Gasteiger partial charge in [-0.05, 0) is 72.8 Å². The molecule has 5 aromatic rings. The Morgan fingerprint density at radius 3 is 2.33 bits per heavy atom. The molecule has 0 saturated carbocycles. The zero-order valence-corrected chi connectivity index (χ0v) is 25.0. The molecule has 1 amide bonds. The van der Waals surface area contributed by atoms with Gasteiger partial charge in [-0.1, -0.05) is 11.8 Å². The molecule has 0 aliphatic rings. The molecule has 10 nitrogen and oxygen atoms in total. The summed E-state index contributed by atoms with van der Waals surface area (Å²) in [4.78, 5) is 25.1. The molecule has 226 valence electrons. The number of carbonyl (C=O) groups excluding carboxylic acids is 1. The molecule has 14 heteroatoms. The number of nitriles is 1. The number of nitrogens with one attached hydrogen (secondary N) is 2. The summed E-state index contributed by atoms with van der Waals surface area (Å²) >= 11 is 0.955. The number of halogens is 2. The van der Waals surface area contributed by atoms with Crippen LogP contribution >= 0.6 is 11.8 Å². The maximum atomic E-state index is 14.9. The Morgan fingerprint density at radius 2 is 1.69 bits per heavy atom. The second kappa shape index (κ2) is 13.5. The van der Waals surface area contributed by atoms with E-state index in [4.69, 9.17) is 4.74 Å². The van der Waals surface area contributed by atoms with Crippen LogP contribution in [0.5, 0.6) is 5.75 Å². The molecule has 2 aromatic heterocycles. The molecule has 0 saturated heterocycles. The normalized spacial score (nSPS) is 11.0. The zero-order valence-electron chi connectivity index (χ0n) is 23.4. The maximum absolute atomic E-state index is 14.9. The molecule has 0 fully saturated rings. The van der Waals surface area contributed by atoms with Crippen LogP contribution in [0.1, 0.15) is 5.56 Å². The number of ether oxygens (including phenoxy) is 1. The molecule has 0 aliphatic carbocycles. The summed E-state index contributed by atoms with van der Waals surface area (Å²) in [7, 11) is -2.43. The first kappa shape index (κ1) is 31.0. The van der Waals surface area contributed by atoms with Crippen molar-refractivity contribution in [2.75, 3.05) is 22.9 Å². The Kier molecular flexibility index (Phi) is 9.31. The highest BCUT2D eigenvalue weighted by atomic mass is 32.2. The number of amides is 1. The lowest BCUT2D eigenvalue weighted by atomic mass is 9.98. The van der Waals surface area contributed by atoms with Crippen molar-refractivity contribution in [3.05, 3.63) is 108 Å². The van der Waals surface area contributed by atoms with E-state index in [1.165, 1.54) is 55.9 Å². The van der Waals surface area contributed by atoms with Crippen molar-refractivity contribution in [2.45, 2.75) is 9.92 Å². The summed E-state index contributed by atoms with van der Waals surface area (Å²) in [6, 6.07) is 20.6. The van der Waals surface area contributed by atoms with E-state index >= 15 is 0 Å². The smallest absolute Gasteiger partial charge is 0.264 e. The van der Waals surface area contributed by atoms with Gasteiger partial charge in [-0.2, -0.15) is 5.26 Å². The summed E-state index contributed by atoms with van der Waals surface area (Å²) in [5.41, 5.74) is 1.55. The molecular formula is C31H22F2N6O4S2. The number of hydrogen-bond acceptors (Lipinski definition) is 9. The van der Waals surface area contributed by atoms with Gasteiger partial charge in [0.05, 0.1) is 29.0 Å². The van der Waals surface area contributed by atoms with Crippen LogP contribution in [0.2, 0.25) is 0 Å². The van der Waals surface area contributed by atoms with Crippen molar-refractivity contribution in [3.63, 3.8) is 0 Å². The zero-order chi connectivity index (χ0) is 32.0. The second-order valence-electron chi connectivity index (χ2n) is 9.24. The predicted octanol–water partition coefficient (Wildman–Crippen LogP) is 5.90. The topological polar surface area (TPSA) is 147 Å². The number of pyridine rings is 1. The third-order valence-corrected chi connectivity index (χ3v) is 8.60. The highest BCUT2D eigenvalue weighted by Gasteiger charge is 2.20. The van der Waals surface area contributed by atoms with Gasteiger partial charge in [0, 0.05) is 40.8 Å². The van der Waals surface area contributed by atoms with Gasteiger partial charge in [-0.3, -0.25) is 4.79 Å². The van der Waals surface area contributed by atoms with Crippen LogP contribution in [0.15, 0.2) is 101 Å².